The Morgan fingerprint density at radius 3 is 2.61 bits per heavy atom. The fourth-order valence-corrected chi connectivity index (χ4v) is 1.45. The molecule has 0 amide bonds. The summed E-state index contributed by atoms with van der Waals surface area (Å²) in [5, 5.41) is 17.3. The van der Waals surface area contributed by atoms with E-state index >= 15 is 0 Å². The van der Waals surface area contributed by atoms with Gasteiger partial charge >= 0.3 is 11.9 Å². The van der Waals surface area contributed by atoms with E-state index in [4.69, 9.17) is 14.9 Å². The Morgan fingerprint density at radius 1 is 1.22 bits per heavy atom. The Kier molecular flexibility index (Phi) is 5.93. The van der Waals surface area contributed by atoms with E-state index in [1.165, 1.54) is 6.07 Å². The fourth-order valence-electron chi connectivity index (χ4n) is 1.45. The van der Waals surface area contributed by atoms with Crippen molar-refractivity contribution in [3.63, 3.8) is 0 Å². The lowest BCUT2D eigenvalue weighted by atomic mass is 10.2. The summed E-state index contributed by atoms with van der Waals surface area (Å²) in [4.78, 5) is 22.2. The maximum Gasteiger partial charge on any atom is 0.372 e. The largest absolute Gasteiger partial charge is 0.475 e. The number of aromatic carboxylic acids is 1. The molecule has 1 rings (SSSR count). The van der Waals surface area contributed by atoms with E-state index < -0.39 is 17.7 Å². The van der Waals surface area contributed by atoms with Crippen molar-refractivity contribution in [1.29, 1.82) is 0 Å². The fraction of sp³-hybridized carbons (Fsp3) is 0.500. The molecule has 6 heteroatoms. The number of furan rings is 1. The van der Waals surface area contributed by atoms with Crippen molar-refractivity contribution in [3.8, 4) is 0 Å². The number of carbonyl (C=O) groups excluding carboxylic acids is 1. The van der Waals surface area contributed by atoms with Crippen LogP contribution in [0.3, 0.4) is 0 Å². The van der Waals surface area contributed by atoms with Gasteiger partial charge < -0.3 is 19.4 Å². The molecule has 0 saturated carbocycles. The lowest BCUT2D eigenvalue weighted by molar-refractivity contribution is 0.0481. The minimum atomic E-state index is -1.30. The first kappa shape index (κ1) is 14.2. The van der Waals surface area contributed by atoms with Gasteiger partial charge in [-0.3, -0.25) is 0 Å². The number of carboxylic acid groups (broad SMARTS) is 1. The minimum Gasteiger partial charge on any atom is -0.475 e. The van der Waals surface area contributed by atoms with Crippen LogP contribution in [0.25, 0.3) is 0 Å². The first-order valence-corrected chi connectivity index (χ1v) is 5.75. The highest BCUT2D eigenvalue weighted by Gasteiger charge is 2.21. The lowest BCUT2D eigenvalue weighted by Crippen LogP contribution is -2.10. The number of aliphatic hydroxyl groups excluding tert-OH is 1. The van der Waals surface area contributed by atoms with Crippen molar-refractivity contribution in [1.82, 2.24) is 0 Å². The summed E-state index contributed by atoms with van der Waals surface area (Å²) < 4.78 is 9.61. The number of rotatable bonds is 8. The minimum absolute atomic E-state index is 0.0714. The Hall–Kier alpha value is -1.82. The summed E-state index contributed by atoms with van der Waals surface area (Å²) in [6.07, 6.45) is 4.29. The van der Waals surface area contributed by atoms with Gasteiger partial charge in [0.1, 0.15) is 5.56 Å². The third-order valence-electron chi connectivity index (χ3n) is 2.36. The van der Waals surface area contributed by atoms with Crippen LogP contribution in [0.4, 0.5) is 0 Å². The first-order chi connectivity index (χ1) is 8.66. The molecule has 0 aliphatic heterocycles. The molecule has 2 N–H and O–H groups in total. The second kappa shape index (κ2) is 7.50. The van der Waals surface area contributed by atoms with Crippen LogP contribution in [0.15, 0.2) is 16.7 Å². The standard InChI is InChI=1S/C12H16O6/c13-6-3-1-2-4-7-18-12(16)9-5-8-17-10(9)11(14)15/h5,8,13H,1-4,6-7H2,(H,14,15). The zero-order chi connectivity index (χ0) is 13.4. The number of carbonyl (C=O) groups is 2. The molecule has 0 aliphatic rings. The van der Waals surface area contributed by atoms with Gasteiger partial charge in [-0.2, -0.15) is 0 Å². The van der Waals surface area contributed by atoms with E-state index in [0.29, 0.717) is 6.42 Å². The van der Waals surface area contributed by atoms with E-state index in [1.807, 2.05) is 0 Å². The first-order valence-electron chi connectivity index (χ1n) is 5.75. The van der Waals surface area contributed by atoms with Crippen molar-refractivity contribution >= 4 is 11.9 Å². The van der Waals surface area contributed by atoms with Crippen LogP contribution in [0.5, 0.6) is 0 Å². The summed E-state index contributed by atoms with van der Waals surface area (Å²) in [5.74, 6) is -2.39. The number of hydrogen-bond donors (Lipinski definition) is 2. The molecule has 0 bridgehead atoms. The van der Waals surface area contributed by atoms with Gasteiger partial charge in [0.25, 0.3) is 0 Å². The van der Waals surface area contributed by atoms with Crippen LogP contribution < -0.4 is 0 Å². The molecule has 0 aliphatic carbocycles. The summed E-state index contributed by atoms with van der Waals surface area (Å²) in [6, 6.07) is 1.28. The van der Waals surface area contributed by atoms with Gasteiger partial charge in [-0.1, -0.05) is 6.42 Å². The van der Waals surface area contributed by atoms with E-state index in [-0.39, 0.29) is 18.8 Å². The van der Waals surface area contributed by atoms with Crippen LogP contribution in [0.1, 0.15) is 46.6 Å². The summed E-state index contributed by atoms with van der Waals surface area (Å²) in [6.45, 7) is 0.394. The summed E-state index contributed by atoms with van der Waals surface area (Å²) >= 11 is 0. The maximum absolute atomic E-state index is 11.5. The van der Waals surface area contributed by atoms with Crippen LogP contribution >= 0.6 is 0 Å². The van der Waals surface area contributed by atoms with Crippen LogP contribution in [-0.4, -0.2) is 35.4 Å². The Bertz CT molecular complexity index is 395. The molecule has 0 fully saturated rings. The van der Waals surface area contributed by atoms with Gasteiger partial charge in [0.2, 0.25) is 5.76 Å². The molecule has 6 nitrogen and oxygen atoms in total. The van der Waals surface area contributed by atoms with Gasteiger partial charge in [0.05, 0.1) is 12.9 Å². The number of esters is 1. The van der Waals surface area contributed by atoms with Crippen LogP contribution in [-0.2, 0) is 4.74 Å². The van der Waals surface area contributed by atoms with Crippen molar-refractivity contribution in [3.05, 3.63) is 23.7 Å². The third kappa shape index (κ3) is 4.21. The molecule has 1 aromatic rings. The van der Waals surface area contributed by atoms with E-state index in [2.05, 4.69) is 4.42 Å². The third-order valence-corrected chi connectivity index (χ3v) is 2.36. The van der Waals surface area contributed by atoms with E-state index in [9.17, 15) is 9.59 Å². The molecule has 1 heterocycles. The van der Waals surface area contributed by atoms with Crippen molar-refractivity contribution < 1.29 is 29.0 Å². The van der Waals surface area contributed by atoms with Crippen molar-refractivity contribution in [2.75, 3.05) is 13.2 Å². The van der Waals surface area contributed by atoms with Gasteiger partial charge in [-0.15, -0.1) is 0 Å². The Balaban J connectivity index is 2.32. The molecule has 18 heavy (non-hydrogen) atoms. The second-order valence-corrected chi connectivity index (χ2v) is 3.74. The molecular formula is C12H16O6. The second-order valence-electron chi connectivity index (χ2n) is 3.74. The zero-order valence-corrected chi connectivity index (χ0v) is 9.92. The van der Waals surface area contributed by atoms with E-state index in [0.717, 1.165) is 25.5 Å². The lowest BCUT2D eigenvalue weighted by Gasteiger charge is -2.03. The molecule has 0 unspecified atom stereocenters. The highest BCUT2D eigenvalue weighted by Crippen LogP contribution is 2.12. The number of hydrogen-bond acceptors (Lipinski definition) is 5. The molecule has 0 aromatic carbocycles. The number of unbranched alkanes of at least 4 members (excludes halogenated alkanes) is 3. The highest BCUT2D eigenvalue weighted by molar-refractivity contribution is 6.00. The molecule has 0 spiro atoms. The summed E-state index contributed by atoms with van der Waals surface area (Å²) in [5.41, 5.74) is -0.0714. The van der Waals surface area contributed by atoms with E-state index in [1.54, 1.807) is 0 Å². The smallest absolute Gasteiger partial charge is 0.372 e. The number of carboxylic acids is 1. The van der Waals surface area contributed by atoms with Crippen LogP contribution in [0, 0.1) is 0 Å². The Labute approximate surface area is 104 Å². The average Bonchev–Trinajstić information content (AvgIpc) is 2.82. The topological polar surface area (TPSA) is 97.0 Å². The van der Waals surface area contributed by atoms with Gasteiger partial charge in [-0.25, -0.2) is 9.59 Å². The number of aliphatic hydroxyl groups is 1. The highest BCUT2D eigenvalue weighted by atomic mass is 16.5. The number of ether oxygens (including phenoxy) is 1. The molecule has 0 saturated heterocycles. The zero-order valence-electron chi connectivity index (χ0n) is 9.92. The quantitative estimate of drug-likeness (QED) is 0.542. The SMILES string of the molecule is O=C(OCCCCCCO)c1ccoc1C(=O)O. The normalized spacial score (nSPS) is 10.3. The maximum atomic E-state index is 11.5. The summed E-state index contributed by atoms with van der Waals surface area (Å²) in [7, 11) is 0. The van der Waals surface area contributed by atoms with Crippen LogP contribution in [0.2, 0.25) is 0 Å². The molecular weight excluding hydrogens is 240 g/mol. The monoisotopic (exact) mass is 256 g/mol. The molecule has 0 radical (unpaired) electrons. The van der Waals surface area contributed by atoms with Gasteiger partial charge in [-0.05, 0) is 25.3 Å². The van der Waals surface area contributed by atoms with Crippen molar-refractivity contribution in [2.24, 2.45) is 0 Å². The average molecular weight is 256 g/mol. The molecule has 100 valence electrons. The predicted octanol–water partition coefficient (Wildman–Crippen LogP) is 1.69. The van der Waals surface area contributed by atoms with Crippen molar-refractivity contribution in [2.45, 2.75) is 25.7 Å². The van der Waals surface area contributed by atoms with Gasteiger partial charge in [0.15, 0.2) is 0 Å². The molecule has 0 atom stereocenters. The van der Waals surface area contributed by atoms with Gasteiger partial charge in [0, 0.05) is 6.61 Å². The molecule has 1 aromatic heterocycles. The Morgan fingerprint density at radius 2 is 1.94 bits per heavy atom. The predicted molar refractivity (Wildman–Crippen MR) is 61.5 cm³/mol.